The Morgan fingerprint density at radius 2 is 1.64 bits per heavy atom. The van der Waals surface area contributed by atoms with Gasteiger partial charge in [-0.3, -0.25) is 14.4 Å². The molecule has 0 spiro atoms. The number of aryl methyl sites for hydroxylation is 1. The second-order valence-corrected chi connectivity index (χ2v) is 12.6. The monoisotopic (exact) mass is 636 g/mol. The van der Waals surface area contributed by atoms with E-state index >= 15 is 0 Å². The Kier molecular flexibility index (Phi) is 9.55. The summed E-state index contributed by atoms with van der Waals surface area (Å²) in [6.07, 6.45) is -2.93. The maximum absolute atomic E-state index is 14.6. The van der Waals surface area contributed by atoms with Gasteiger partial charge in [0.25, 0.3) is 5.91 Å². The van der Waals surface area contributed by atoms with Gasteiger partial charge in [0.05, 0.1) is 11.1 Å². The number of alkyl halides is 3. The van der Waals surface area contributed by atoms with Gasteiger partial charge in [-0.1, -0.05) is 23.7 Å². The van der Waals surface area contributed by atoms with E-state index in [-0.39, 0.29) is 29.6 Å². The SMILES string of the molecule is CC(=O)N1CCC(C(=O)N(CCCN2CC3CN(C(=O)c4cccc(C(F)(F)F)c4F)CC3C2)c2ccc(C)c(Cl)c2)CC1. The molecular formula is C32H37ClF4N4O3. The van der Waals surface area contributed by atoms with Crippen LogP contribution in [0.5, 0.6) is 0 Å². The fourth-order valence-corrected chi connectivity index (χ4v) is 6.93. The van der Waals surface area contributed by atoms with E-state index in [9.17, 15) is 31.9 Å². The van der Waals surface area contributed by atoms with Gasteiger partial charge in [-0.15, -0.1) is 0 Å². The van der Waals surface area contributed by atoms with Gasteiger partial charge in [0.1, 0.15) is 5.82 Å². The first-order valence-corrected chi connectivity index (χ1v) is 15.4. The molecule has 238 valence electrons. The number of nitrogens with zero attached hydrogens (tertiary/aromatic N) is 4. The van der Waals surface area contributed by atoms with Crippen LogP contribution in [0.25, 0.3) is 0 Å². The number of hydrogen-bond donors (Lipinski definition) is 0. The third kappa shape index (κ3) is 6.88. The van der Waals surface area contributed by atoms with Gasteiger partial charge >= 0.3 is 6.18 Å². The molecule has 2 aromatic rings. The molecule has 7 nitrogen and oxygen atoms in total. The number of halogens is 5. The van der Waals surface area contributed by atoms with Crippen LogP contribution in [0.15, 0.2) is 36.4 Å². The minimum atomic E-state index is -4.87. The van der Waals surface area contributed by atoms with E-state index in [1.54, 1.807) is 16.7 Å². The molecule has 2 aromatic carbocycles. The molecule has 0 radical (unpaired) electrons. The van der Waals surface area contributed by atoms with Crippen LogP contribution in [0.2, 0.25) is 5.02 Å². The lowest BCUT2D eigenvalue weighted by molar-refractivity contribution is -0.140. The van der Waals surface area contributed by atoms with E-state index in [1.165, 1.54) is 4.90 Å². The van der Waals surface area contributed by atoms with Crippen molar-refractivity contribution in [3.63, 3.8) is 0 Å². The van der Waals surface area contributed by atoms with Crippen molar-refractivity contribution in [3.8, 4) is 0 Å². The maximum Gasteiger partial charge on any atom is 0.419 e. The molecule has 0 aliphatic carbocycles. The number of amides is 3. The molecule has 3 amide bonds. The van der Waals surface area contributed by atoms with E-state index in [4.69, 9.17) is 11.6 Å². The molecule has 3 aliphatic heterocycles. The van der Waals surface area contributed by atoms with Crippen LogP contribution >= 0.6 is 11.6 Å². The fourth-order valence-electron chi connectivity index (χ4n) is 6.76. The first-order chi connectivity index (χ1) is 20.8. The van der Waals surface area contributed by atoms with Gasteiger partial charge in [-0.05, 0) is 74.4 Å². The number of likely N-dealkylation sites (tertiary alicyclic amines) is 3. The number of hydrogen-bond acceptors (Lipinski definition) is 4. The molecule has 3 fully saturated rings. The minimum absolute atomic E-state index is 0.0174. The number of anilines is 1. The Bertz CT molecular complexity index is 1400. The summed E-state index contributed by atoms with van der Waals surface area (Å²) in [4.78, 5) is 45.8. The molecule has 0 saturated carbocycles. The van der Waals surface area contributed by atoms with Crippen LogP contribution in [-0.2, 0) is 15.8 Å². The van der Waals surface area contributed by atoms with Crippen LogP contribution in [0.3, 0.4) is 0 Å². The summed E-state index contributed by atoms with van der Waals surface area (Å²) >= 11 is 6.41. The van der Waals surface area contributed by atoms with Crippen LogP contribution in [0.4, 0.5) is 23.2 Å². The molecule has 0 bridgehead atoms. The molecule has 2 unspecified atom stereocenters. The fraction of sp³-hybridized carbons (Fsp3) is 0.531. The molecule has 2 atom stereocenters. The normalized spacial score (nSPS) is 21.1. The van der Waals surface area contributed by atoms with Crippen molar-refractivity contribution in [2.45, 2.75) is 39.3 Å². The summed E-state index contributed by atoms with van der Waals surface area (Å²) in [7, 11) is 0. The summed E-state index contributed by atoms with van der Waals surface area (Å²) in [5.41, 5.74) is -0.321. The summed E-state index contributed by atoms with van der Waals surface area (Å²) < 4.78 is 54.0. The number of fused-ring (bicyclic) bond motifs is 1. The van der Waals surface area contributed by atoms with Crippen molar-refractivity contribution in [1.82, 2.24) is 14.7 Å². The number of rotatable bonds is 7. The highest BCUT2D eigenvalue weighted by atomic mass is 35.5. The quantitative estimate of drug-likeness (QED) is 0.377. The lowest BCUT2D eigenvalue weighted by Crippen LogP contribution is -2.44. The minimum Gasteiger partial charge on any atom is -0.343 e. The molecule has 5 rings (SSSR count). The van der Waals surface area contributed by atoms with Crippen LogP contribution in [-0.4, -0.2) is 84.8 Å². The Hall–Kier alpha value is -3.18. The molecule has 3 saturated heterocycles. The average molecular weight is 637 g/mol. The summed E-state index contributed by atoms with van der Waals surface area (Å²) in [6, 6.07) is 8.43. The van der Waals surface area contributed by atoms with E-state index < -0.39 is 29.0 Å². The van der Waals surface area contributed by atoms with Gasteiger partial charge in [-0.25, -0.2) is 4.39 Å². The predicted octanol–water partition coefficient (Wildman–Crippen LogP) is 5.49. The van der Waals surface area contributed by atoms with E-state index in [0.717, 1.165) is 29.9 Å². The lowest BCUT2D eigenvalue weighted by atomic mass is 9.94. The number of piperidine rings is 1. The van der Waals surface area contributed by atoms with Crippen LogP contribution in [0.1, 0.15) is 47.7 Å². The number of carbonyl (C=O) groups excluding carboxylic acids is 3. The zero-order chi connectivity index (χ0) is 31.8. The molecule has 44 heavy (non-hydrogen) atoms. The van der Waals surface area contributed by atoms with Gasteiger partial charge in [0.15, 0.2) is 0 Å². The zero-order valence-corrected chi connectivity index (χ0v) is 25.6. The molecule has 0 aromatic heterocycles. The Morgan fingerprint density at radius 1 is 0.977 bits per heavy atom. The predicted molar refractivity (Wildman–Crippen MR) is 159 cm³/mol. The van der Waals surface area contributed by atoms with Gasteiger partial charge in [0.2, 0.25) is 11.8 Å². The largest absolute Gasteiger partial charge is 0.419 e. The summed E-state index contributed by atoms with van der Waals surface area (Å²) in [6.45, 7) is 7.95. The van der Waals surface area contributed by atoms with Gasteiger partial charge in [-0.2, -0.15) is 13.2 Å². The molecule has 0 N–H and O–H groups in total. The van der Waals surface area contributed by atoms with E-state index in [1.807, 2.05) is 25.1 Å². The standard InChI is InChI=1S/C32H37ClF4N4O3/c1-20-7-8-25(15-28(20)33)41(30(43)22-9-13-39(14-10-22)21(2)42)12-4-11-38-16-23-18-40(19-24(23)17-38)31(44)26-5-3-6-27(29(26)34)32(35,36)37/h3,5-8,15,22-24H,4,9-14,16-19H2,1-2H3. The maximum atomic E-state index is 14.6. The second kappa shape index (κ2) is 13.0. The van der Waals surface area contributed by atoms with Gasteiger partial charge in [0, 0.05) is 69.4 Å². The Morgan fingerprint density at radius 3 is 2.23 bits per heavy atom. The molecular weight excluding hydrogens is 600 g/mol. The van der Waals surface area contributed by atoms with Crippen molar-refractivity contribution in [3.05, 3.63) is 63.9 Å². The number of carbonyl (C=O) groups is 3. The average Bonchev–Trinajstić information content (AvgIpc) is 3.55. The third-order valence-electron chi connectivity index (χ3n) is 9.26. The first-order valence-electron chi connectivity index (χ1n) is 15.0. The van der Waals surface area contributed by atoms with E-state index in [2.05, 4.69) is 4.90 Å². The highest BCUT2D eigenvalue weighted by molar-refractivity contribution is 6.31. The van der Waals surface area contributed by atoms with Crippen molar-refractivity contribution in [1.29, 1.82) is 0 Å². The van der Waals surface area contributed by atoms with Crippen LogP contribution in [0, 0.1) is 30.5 Å². The third-order valence-corrected chi connectivity index (χ3v) is 9.67. The smallest absolute Gasteiger partial charge is 0.343 e. The Balaban J connectivity index is 1.17. The second-order valence-electron chi connectivity index (χ2n) is 12.2. The number of benzene rings is 2. The van der Waals surface area contributed by atoms with Crippen molar-refractivity contribution in [2.24, 2.45) is 17.8 Å². The molecule has 12 heteroatoms. The topological polar surface area (TPSA) is 64.2 Å². The summed E-state index contributed by atoms with van der Waals surface area (Å²) in [5.74, 6) is -2.08. The molecule has 3 aliphatic rings. The van der Waals surface area contributed by atoms with E-state index in [0.29, 0.717) is 76.2 Å². The first kappa shape index (κ1) is 32.2. The zero-order valence-electron chi connectivity index (χ0n) is 24.9. The summed E-state index contributed by atoms with van der Waals surface area (Å²) in [5, 5.41) is 0.586. The van der Waals surface area contributed by atoms with Crippen molar-refractivity contribution < 1.29 is 31.9 Å². The van der Waals surface area contributed by atoms with Crippen LogP contribution < -0.4 is 4.90 Å². The highest BCUT2D eigenvalue weighted by Crippen LogP contribution is 2.35. The van der Waals surface area contributed by atoms with Crippen molar-refractivity contribution in [2.75, 3.05) is 57.3 Å². The highest BCUT2D eigenvalue weighted by Gasteiger charge is 2.43. The lowest BCUT2D eigenvalue weighted by Gasteiger charge is -2.34. The van der Waals surface area contributed by atoms with Crippen molar-refractivity contribution >= 4 is 35.0 Å². The molecule has 3 heterocycles. The van der Waals surface area contributed by atoms with Gasteiger partial charge < -0.3 is 19.6 Å². The Labute approximate surface area is 259 Å².